The minimum Gasteiger partial charge on any atom is -0.338 e. The van der Waals surface area contributed by atoms with Gasteiger partial charge in [-0.25, -0.2) is 4.39 Å². The first-order valence-electron chi connectivity index (χ1n) is 4.42. The van der Waals surface area contributed by atoms with Crippen LogP contribution in [0.1, 0.15) is 13.3 Å². The van der Waals surface area contributed by atoms with Crippen molar-refractivity contribution in [2.75, 3.05) is 19.6 Å². The summed E-state index contributed by atoms with van der Waals surface area (Å²) < 4.78 is 13.7. The zero-order valence-corrected chi connectivity index (χ0v) is 7.79. The molecule has 1 fully saturated rings. The maximum Gasteiger partial charge on any atom is 0.236 e. The molecule has 13 heavy (non-hydrogen) atoms. The van der Waals surface area contributed by atoms with Crippen molar-refractivity contribution >= 4 is 5.91 Å². The fourth-order valence-electron chi connectivity index (χ4n) is 1.57. The van der Waals surface area contributed by atoms with Gasteiger partial charge in [0, 0.05) is 13.0 Å². The van der Waals surface area contributed by atoms with Crippen LogP contribution in [-0.2, 0) is 4.79 Å². The first-order valence-corrected chi connectivity index (χ1v) is 4.42. The first kappa shape index (κ1) is 10.2. The zero-order chi connectivity index (χ0) is 9.90. The number of nitrogens with zero attached hydrogens (tertiary/aromatic N) is 1. The van der Waals surface area contributed by atoms with Crippen LogP contribution in [0.25, 0.3) is 0 Å². The number of carbonyl (C=O) groups is 1. The Morgan fingerprint density at radius 1 is 1.77 bits per heavy atom. The van der Waals surface area contributed by atoms with Crippen LogP contribution in [0.15, 0.2) is 12.2 Å². The average Bonchev–Trinajstić information content (AvgIpc) is 2.47. The fraction of sp³-hybridized carbons (Fsp3) is 0.667. The van der Waals surface area contributed by atoms with Gasteiger partial charge in [0.15, 0.2) is 0 Å². The predicted molar refractivity (Wildman–Crippen MR) is 48.9 cm³/mol. The Hall–Kier alpha value is -0.900. The molecule has 1 atom stereocenters. The molecule has 0 aromatic carbocycles. The lowest BCUT2D eigenvalue weighted by molar-refractivity contribution is -0.129. The van der Waals surface area contributed by atoms with Crippen LogP contribution >= 0.6 is 0 Å². The molecule has 1 saturated heterocycles. The molecule has 0 aliphatic carbocycles. The fourth-order valence-corrected chi connectivity index (χ4v) is 1.57. The van der Waals surface area contributed by atoms with E-state index in [9.17, 15) is 9.18 Å². The highest BCUT2D eigenvalue weighted by molar-refractivity contribution is 5.78. The topological polar surface area (TPSA) is 46.3 Å². The molecule has 0 spiro atoms. The van der Waals surface area contributed by atoms with Gasteiger partial charge in [-0.15, -0.1) is 0 Å². The van der Waals surface area contributed by atoms with E-state index >= 15 is 0 Å². The van der Waals surface area contributed by atoms with Crippen molar-refractivity contribution in [2.45, 2.75) is 19.0 Å². The maximum absolute atomic E-state index is 13.7. The van der Waals surface area contributed by atoms with Crippen LogP contribution in [0.3, 0.4) is 0 Å². The Balaban J connectivity index is 2.57. The van der Waals surface area contributed by atoms with Crippen molar-refractivity contribution in [3.8, 4) is 0 Å². The summed E-state index contributed by atoms with van der Waals surface area (Å²) in [4.78, 5) is 12.6. The van der Waals surface area contributed by atoms with E-state index in [2.05, 4.69) is 0 Å². The number of hydrogen-bond acceptors (Lipinski definition) is 2. The van der Waals surface area contributed by atoms with Gasteiger partial charge in [0.25, 0.3) is 0 Å². The van der Waals surface area contributed by atoms with Crippen LogP contribution in [0.5, 0.6) is 0 Å². The lowest BCUT2D eigenvalue weighted by atomic mass is 10.1. The molecule has 1 aliphatic heterocycles. The van der Waals surface area contributed by atoms with Crippen LogP contribution in [0.4, 0.5) is 4.39 Å². The molecule has 1 rings (SSSR count). The second kappa shape index (κ2) is 3.87. The number of halogens is 1. The highest BCUT2D eigenvalue weighted by Crippen LogP contribution is 2.26. The molecule has 1 heterocycles. The van der Waals surface area contributed by atoms with E-state index in [0.717, 1.165) is 0 Å². The molecule has 0 radical (unpaired) electrons. The highest BCUT2D eigenvalue weighted by atomic mass is 19.1. The predicted octanol–water partition coefficient (Wildman–Crippen LogP) is 0.462. The Labute approximate surface area is 77.4 Å². The lowest BCUT2D eigenvalue weighted by Gasteiger charge is -2.17. The molecule has 2 N–H and O–H groups in total. The van der Waals surface area contributed by atoms with E-state index in [1.165, 1.54) is 11.0 Å². The van der Waals surface area contributed by atoms with Gasteiger partial charge in [0.1, 0.15) is 5.67 Å². The van der Waals surface area contributed by atoms with Crippen LogP contribution in [0, 0.1) is 0 Å². The van der Waals surface area contributed by atoms with Crippen molar-refractivity contribution in [1.82, 2.24) is 4.90 Å². The van der Waals surface area contributed by atoms with Gasteiger partial charge in [0.05, 0.1) is 13.1 Å². The molecule has 1 unspecified atom stereocenters. The van der Waals surface area contributed by atoms with Gasteiger partial charge in [-0.1, -0.05) is 12.2 Å². The third-order valence-electron chi connectivity index (χ3n) is 2.24. The molecule has 1 amide bonds. The second-order valence-electron chi connectivity index (χ2n) is 3.30. The molecule has 74 valence electrons. The summed E-state index contributed by atoms with van der Waals surface area (Å²) in [6.07, 6.45) is 3.57. The van der Waals surface area contributed by atoms with Gasteiger partial charge < -0.3 is 10.6 Å². The van der Waals surface area contributed by atoms with E-state index in [0.29, 0.717) is 13.0 Å². The maximum atomic E-state index is 13.7. The number of alkyl halides is 1. The summed E-state index contributed by atoms with van der Waals surface area (Å²) in [5.74, 6) is -0.177. The minimum absolute atomic E-state index is 0.0358. The van der Waals surface area contributed by atoms with Crippen LogP contribution < -0.4 is 5.73 Å². The van der Waals surface area contributed by atoms with Crippen LogP contribution in [-0.4, -0.2) is 36.1 Å². The summed E-state index contributed by atoms with van der Waals surface area (Å²) in [5, 5.41) is 0. The van der Waals surface area contributed by atoms with Crippen molar-refractivity contribution in [2.24, 2.45) is 5.73 Å². The molecule has 0 aromatic heterocycles. The van der Waals surface area contributed by atoms with E-state index in [1.807, 2.05) is 0 Å². The largest absolute Gasteiger partial charge is 0.338 e. The highest BCUT2D eigenvalue weighted by Gasteiger charge is 2.37. The summed E-state index contributed by atoms with van der Waals surface area (Å²) >= 11 is 0. The van der Waals surface area contributed by atoms with Gasteiger partial charge in [-0.05, 0) is 6.92 Å². The van der Waals surface area contributed by atoms with Crippen LogP contribution in [0.2, 0.25) is 0 Å². The smallest absolute Gasteiger partial charge is 0.236 e. The monoisotopic (exact) mass is 186 g/mol. The third-order valence-corrected chi connectivity index (χ3v) is 2.24. The Morgan fingerprint density at radius 2 is 2.46 bits per heavy atom. The van der Waals surface area contributed by atoms with Crippen molar-refractivity contribution in [3.63, 3.8) is 0 Å². The Kier molecular flexibility index (Phi) is 3.03. The standard InChI is InChI=1S/C9H15FN2O/c1-2-3-9(10)4-5-12(7-9)8(13)6-11/h2-3H,4-7,11H2,1H3/b3-2+. The van der Waals surface area contributed by atoms with E-state index in [-0.39, 0.29) is 19.0 Å². The molecule has 3 nitrogen and oxygen atoms in total. The number of nitrogens with two attached hydrogens (primary N) is 1. The summed E-state index contributed by atoms with van der Waals surface area (Å²) in [5.41, 5.74) is 3.85. The zero-order valence-electron chi connectivity index (χ0n) is 7.79. The van der Waals surface area contributed by atoms with Crippen molar-refractivity contribution in [3.05, 3.63) is 12.2 Å². The number of allylic oxidation sites excluding steroid dienone is 1. The summed E-state index contributed by atoms with van der Waals surface area (Å²) in [7, 11) is 0. The summed E-state index contributed by atoms with van der Waals surface area (Å²) in [6, 6.07) is 0. The number of likely N-dealkylation sites (tertiary alicyclic amines) is 1. The molecular weight excluding hydrogens is 171 g/mol. The van der Waals surface area contributed by atoms with Gasteiger partial charge in [-0.2, -0.15) is 0 Å². The Bertz CT molecular complexity index is 230. The van der Waals surface area contributed by atoms with Crippen molar-refractivity contribution in [1.29, 1.82) is 0 Å². The minimum atomic E-state index is -1.33. The first-order chi connectivity index (χ1) is 6.11. The molecule has 4 heteroatoms. The summed E-state index contributed by atoms with van der Waals surface area (Å²) in [6.45, 7) is 2.35. The third kappa shape index (κ3) is 2.28. The van der Waals surface area contributed by atoms with E-state index in [4.69, 9.17) is 5.73 Å². The number of rotatable bonds is 2. The molecule has 0 bridgehead atoms. The second-order valence-corrected chi connectivity index (χ2v) is 3.30. The van der Waals surface area contributed by atoms with Gasteiger partial charge >= 0.3 is 0 Å². The number of carbonyl (C=O) groups excluding carboxylic acids is 1. The number of amides is 1. The molecule has 0 aromatic rings. The van der Waals surface area contributed by atoms with Gasteiger partial charge in [0.2, 0.25) is 5.91 Å². The Morgan fingerprint density at radius 3 is 3.00 bits per heavy atom. The average molecular weight is 186 g/mol. The SMILES string of the molecule is C/C=C/C1(F)CCN(C(=O)CN)C1. The van der Waals surface area contributed by atoms with Gasteiger partial charge in [-0.3, -0.25) is 4.79 Å². The van der Waals surface area contributed by atoms with E-state index in [1.54, 1.807) is 13.0 Å². The normalized spacial score (nSPS) is 28.7. The lowest BCUT2D eigenvalue weighted by Crippen LogP contribution is -2.36. The number of hydrogen-bond donors (Lipinski definition) is 1. The molecule has 0 saturated carbocycles. The van der Waals surface area contributed by atoms with Crippen molar-refractivity contribution < 1.29 is 9.18 Å². The molecule has 1 aliphatic rings. The van der Waals surface area contributed by atoms with E-state index < -0.39 is 5.67 Å². The molecular formula is C9H15FN2O. The quantitative estimate of drug-likeness (QED) is 0.637.